The standard InChI is InChI=1S/C20H26N2O/c1-16(19-5-3-2-4-6-19)15-22-11-9-17(10-12-22)13-18-7-8-20(23)21-14-18/h2-8,14,16-17H,9-13,15H2,1H3,(H,21,23). The second-order valence-electron chi connectivity index (χ2n) is 6.82. The van der Waals surface area contributed by atoms with Crippen molar-refractivity contribution in [1.82, 2.24) is 9.88 Å². The maximum atomic E-state index is 11.1. The topological polar surface area (TPSA) is 36.1 Å². The molecule has 1 saturated heterocycles. The van der Waals surface area contributed by atoms with Gasteiger partial charge in [-0.25, -0.2) is 0 Å². The largest absolute Gasteiger partial charge is 0.329 e. The van der Waals surface area contributed by atoms with E-state index < -0.39 is 0 Å². The Labute approximate surface area is 138 Å². The minimum absolute atomic E-state index is 0.0153. The van der Waals surface area contributed by atoms with E-state index in [9.17, 15) is 4.79 Å². The average molecular weight is 310 g/mol. The molecule has 1 N–H and O–H groups in total. The van der Waals surface area contributed by atoms with E-state index in [1.807, 2.05) is 12.3 Å². The SMILES string of the molecule is CC(CN1CCC(Cc2ccc(=O)[nH]c2)CC1)c1ccccc1. The molecule has 122 valence electrons. The van der Waals surface area contributed by atoms with Crippen molar-refractivity contribution in [2.24, 2.45) is 5.92 Å². The minimum Gasteiger partial charge on any atom is -0.329 e. The number of aromatic amines is 1. The van der Waals surface area contributed by atoms with Crippen molar-refractivity contribution in [3.8, 4) is 0 Å². The first-order valence-corrected chi connectivity index (χ1v) is 8.65. The molecule has 2 aromatic rings. The Kier molecular flexibility index (Phi) is 5.29. The lowest BCUT2D eigenvalue weighted by molar-refractivity contribution is 0.177. The zero-order valence-corrected chi connectivity index (χ0v) is 13.9. The summed E-state index contributed by atoms with van der Waals surface area (Å²) < 4.78 is 0. The number of nitrogens with zero attached hydrogens (tertiary/aromatic N) is 1. The van der Waals surface area contributed by atoms with Crippen molar-refractivity contribution < 1.29 is 0 Å². The summed E-state index contributed by atoms with van der Waals surface area (Å²) >= 11 is 0. The summed E-state index contributed by atoms with van der Waals surface area (Å²) in [6.07, 6.45) is 5.45. The quantitative estimate of drug-likeness (QED) is 0.918. The minimum atomic E-state index is -0.0153. The van der Waals surface area contributed by atoms with Gasteiger partial charge in [0.1, 0.15) is 0 Å². The molecule has 0 bridgehead atoms. The summed E-state index contributed by atoms with van der Waals surface area (Å²) in [7, 11) is 0. The molecule has 1 aromatic heterocycles. The molecule has 3 rings (SSSR count). The number of H-pyrrole nitrogens is 1. The Morgan fingerprint density at radius 1 is 1.13 bits per heavy atom. The first-order valence-electron chi connectivity index (χ1n) is 8.65. The Hall–Kier alpha value is -1.87. The number of hydrogen-bond acceptors (Lipinski definition) is 2. The van der Waals surface area contributed by atoms with Gasteiger partial charge in [0.15, 0.2) is 0 Å². The number of pyridine rings is 1. The van der Waals surface area contributed by atoms with E-state index in [-0.39, 0.29) is 5.56 Å². The normalized spacial score (nSPS) is 18.0. The van der Waals surface area contributed by atoms with Crippen LogP contribution in [0.15, 0.2) is 53.5 Å². The fourth-order valence-electron chi connectivity index (χ4n) is 3.55. The van der Waals surface area contributed by atoms with E-state index in [1.54, 1.807) is 6.07 Å². The molecule has 0 amide bonds. The maximum Gasteiger partial charge on any atom is 0.247 e. The van der Waals surface area contributed by atoms with Crippen LogP contribution in [0.25, 0.3) is 0 Å². The lowest BCUT2D eigenvalue weighted by Gasteiger charge is -2.33. The fraction of sp³-hybridized carbons (Fsp3) is 0.450. The summed E-state index contributed by atoms with van der Waals surface area (Å²) in [5.74, 6) is 1.33. The number of piperidine rings is 1. The smallest absolute Gasteiger partial charge is 0.247 e. The molecule has 23 heavy (non-hydrogen) atoms. The molecule has 3 nitrogen and oxygen atoms in total. The second kappa shape index (κ2) is 7.60. The highest BCUT2D eigenvalue weighted by Crippen LogP contribution is 2.24. The van der Waals surface area contributed by atoms with E-state index in [0.717, 1.165) is 18.9 Å². The number of nitrogens with one attached hydrogen (secondary N) is 1. The molecule has 3 heteroatoms. The van der Waals surface area contributed by atoms with Crippen LogP contribution >= 0.6 is 0 Å². The summed E-state index contributed by atoms with van der Waals surface area (Å²) in [5, 5.41) is 0. The lowest BCUT2D eigenvalue weighted by atomic mass is 9.90. The van der Waals surface area contributed by atoms with Crippen molar-refractivity contribution in [2.75, 3.05) is 19.6 Å². The molecule has 1 aliphatic heterocycles. The molecule has 0 spiro atoms. The lowest BCUT2D eigenvalue weighted by Crippen LogP contribution is -2.36. The van der Waals surface area contributed by atoms with Gasteiger partial charge in [0, 0.05) is 18.8 Å². The van der Waals surface area contributed by atoms with E-state index in [1.165, 1.54) is 37.1 Å². The van der Waals surface area contributed by atoms with Crippen LogP contribution in [-0.2, 0) is 6.42 Å². The van der Waals surface area contributed by atoms with Crippen LogP contribution in [0.1, 0.15) is 36.8 Å². The molecule has 1 fully saturated rings. The highest BCUT2D eigenvalue weighted by atomic mass is 16.1. The third-order valence-corrected chi connectivity index (χ3v) is 4.98. The van der Waals surface area contributed by atoms with Crippen molar-refractivity contribution in [1.29, 1.82) is 0 Å². The van der Waals surface area contributed by atoms with Crippen LogP contribution in [0.4, 0.5) is 0 Å². The number of hydrogen-bond donors (Lipinski definition) is 1. The van der Waals surface area contributed by atoms with Crippen molar-refractivity contribution in [2.45, 2.75) is 32.1 Å². The molecule has 0 aliphatic carbocycles. The van der Waals surface area contributed by atoms with Crippen LogP contribution < -0.4 is 5.56 Å². The van der Waals surface area contributed by atoms with E-state index in [2.05, 4.69) is 47.1 Å². The van der Waals surface area contributed by atoms with Gasteiger partial charge in [-0.05, 0) is 55.3 Å². The molecular formula is C20H26N2O. The summed E-state index contributed by atoms with van der Waals surface area (Å²) in [6, 6.07) is 14.4. The van der Waals surface area contributed by atoms with Gasteiger partial charge >= 0.3 is 0 Å². The molecule has 1 aromatic carbocycles. The molecule has 0 radical (unpaired) electrons. The van der Waals surface area contributed by atoms with Crippen LogP contribution in [0, 0.1) is 5.92 Å². The van der Waals surface area contributed by atoms with Crippen molar-refractivity contribution in [3.05, 3.63) is 70.1 Å². The van der Waals surface area contributed by atoms with Crippen LogP contribution in [0.3, 0.4) is 0 Å². The zero-order valence-electron chi connectivity index (χ0n) is 13.9. The van der Waals surface area contributed by atoms with E-state index >= 15 is 0 Å². The van der Waals surface area contributed by atoms with Crippen LogP contribution in [0.5, 0.6) is 0 Å². The molecule has 1 atom stereocenters. The Morgan fingerprint density at radius 2 is 1.87 bits per heavy atom. The van der Waals surface area contributed by atoms with Crippen molar-refractivity contribution >= 4 is 0 Å². The third-order valence-electron chi connectivity index (χ3n) is 4.98. The fourth-order valence-corrected chi connectivity index (χ4v) is 3.55. The van der Waals surface area contributed by atoms with Gasteiger partial charge in [0.25, 0.3) is 0 Å². The van der Waals surface area contributed by atoms with E-state index in [0.29, 0.717) is 5.92 Å². The Bertz CT molecular complexity index is 636. The van der Waals surface area contributed by atoms with Gasteiger partial charge in [0.05, 0.1) is 0 Å². The average Bonchev–Trinajstić information content (AvgIpc) is 2.59. The van der Waals surface area contributed by atoms with E-state index in [4.69, 9.17) is 0 Å². The molecule has 1 unspecified atom stereocenters. The second-order valence-corrected chi connectivity index (χ2v) is 6.82. The number of aromatic nitrogens is 1. The molecule has 2 heterocycles. The van der Waals surface area contributed by atoms with Crippen LogP contribution in [0.2, 0.25) is 0 Å². The van der Waals surface area contributed by atoms with Gasteiger partial charge in [-0.2, -0.15) is 0 Å². The van der Waals surface area contributed by atoms with Gasteiger partial charge in [0.2, 0.25) is 5.56 Å². The zero-order chi connectivity index (χ0) is 16.1. The van der Waals surface area contributed by atoms with Gasteiger partial charge in [-0.15, -0.1) is 0 Å². The summed E-state index contributed by atoms with van der Waals surface area (Å²) in [4.78, 5) is 16.5. The van der Waals surface area contributed by atoms with Crippen LogP contribution in [-0.4, -0.2) is 29.5 Å². The Morgan fingerprint density at radius 3 is 2.52 bits per heavy atom. The van der Waals surface area contributed by atoms with Crippen molar-refractivity contribution in [3.63, 3.8) is 0 Å². The first-order chi connectivity index (χ1) is 11.2. The monoisotopic (exact) mass is 310 g/mol. The number of rotatable bonds is 5. The Balaban J connectivity index is 1.46. The third kappa shape index (κ3) is 4.55. The summed E-state index contributed by atoms with van der Waals surface area (Å²) in [5.41, 5.74) is 2.67. The molecule has 0 saturated carbocycles. The van der Waals surface area contributed by atoms with Gasteiger partial charge < -0.3 is 9.88 Å². The highest BCUT2D eigenvalue weighted by Gasteiger charge is 2.21. The molecular weight excluding hydrogens is 284 g/mol. The maximum absolute atomic E-state index is 11.1. The predicted molar refractivity (Wildman–Crippen MR) is 94.8 cm³/mol. The summed E-state index contributed by atoms with van der Waals surface area (Å²) in [6.45, 7) is 5.84. The molecule has 1 aliphatic rings. The predicted octanol–water partition coefficient (Wildman–Crippen LogP) is 3.43. The number of benzene rings is 1. The van der Waals surface area contributed by atoms with Gasteiger partial charge in [-0.3, -0.25) is 4.79 Å². The highest BCUT2D eigenvalue weighted by molar-refractivity contribution is 5.19. The number of likely N-dealkylation sites (tertiary alicyclic amines) is 1. The first kappa shape index (κ1) is 16.0. The van der Waals surface area contributed by atoms with Gasteiger partial charge in [-0.1, -0.05) is 43.3 Å².